The summed E-state index contributed by atoms with van der Waals surface area (Å²) in [6.45, 7) is 1.98. The highest BCUT2D eigenvalue weighted by Gasteiger charge is 2.37. The molecule has 0 aromatic carbocycles. The average molecular weight is 353 g/mol. The predicted molar refractivity (Wildman–Crippen MR) is 90.0 cm³/mol. The largest absolute Gasteiger partial charge is 0.352 e. The topological polar surface area (TPSA) is 95.5 Å². The molecule has 132 valence electrons. The minimum absolute atomic E-state index is 0.0690. The fourth-order valence-corrected chi connectivity index (χ4v) is 4.50. The maximum absolute atomic E-state index is 12.5. The van der Waals surface area contributed by atoms with Crippen LogP contribution in [0.2, 0.25) is 0 Å². The molecule has 8 nitrogen and oxygen atoms in total. The van der Waals surface area contributed by atoms with E-state index in [1.54, 1.807) is 18.5 Å². The van der Waals surface area contributed by atoms with E-state index in [4.69, 9.17) is 0 Å². The van der Waals surface area contributed by atoms with Crippen LogP contribution in [0.25, 0.3) is 0 Å². The van der Waals surface area contributed by atoms with Crippen molar-refractivity contribution in [3.8, 4) is 0 Å². The fraction of sp³-hybridized carbons (Fsp3) is 0.667. The van der Waals surface area contributed by atoms with Crippen molar-refractivity contribution < 1.29 is 13.2 Å². The fourth-order valence-electron chi connectivity index (χ4n) is 3.37. The number of nitrogens with zero attached hydrogens (tertiary/aromatic N) is 4. The summed E-state index contributed by atoms with van der Waals surface area (Å²) in [6.07, 6.45) is 7.53. The van der Waals surface area contributed by atoms with Crippen LogP contribution in [0.15, 0.2) is 18.5 Å². The molecule has 0 aliphatic carbocycles. The molecule has 9 heteroatoms. The molecule has 2 aliphatic heterocycles. The number of hydrogen-bond donors (Lipinski definition) is 1. The Balaban J connectivity index is 1.53. The highest BCUT2D eigenvalue weighted by atomic mass is 32.2. The van der Waals surface area contributed by atoms with Crippen LogP contribution in [0, 0.1) is 0 Å². The number of piperidine rings is 1. The van der Waals surface area contributed by atoms with Gasteiger partial charge < -0.3 is 10.2 Å². The standard InChI is InChI=1S/C15H23N5O3S/c1-24(22,23)20-9-2-4-13(20)14(21)18-12-5-10-19(11-6-12)15-16-7-3-8-17-15/h3,7-8,12-13H,2,4-6,9-11H2,1H3,(H,18,21). The zero-order chi connectivity index (χ0) is 17.2. The summed E-state index contributed by atoms with van der Waals surface area (Å²) < 4.78 is 24.8. The lowest BCUT2D eigenvalue weighted by Crippen LogP contribution is -2.51. The zero-order valence-corrected chi connectivity index (χ0v) is 14.6. The summed E-state index contributed by atoms with van der Waals surface area (Å²) in [6, 6.07) is 1.29. The van der Waals surface area contributed by atoms with Gasteiger partial charge in [-0.3, -0.25) is 4.79 Å². The normalized spacial score (nSPS) is 23.4. The molecule has 1 unspecified atom stereocenters. The molecule has 24 heavy (non-hydrogen) atoms. The molecule has 1 atom stereocenters. The van der Waals surface area contributed by atoms with Gasteiger partial charge >= 0.3 is 0 Å². The van der Waals surface area contributed by atoms with E-state index in [1.807, 2.05) is 0 Å². The van der Waals surface area contributed by atoms with Crippen molar-refractivity contribution in [2.24, 2.45) is 0 Å². The molecule has 0 bridgehead atoms. The highest BCUT2D eigenvalue weighted by molar-refractivity contribution is 7.88. The first-order chi connectivity index (χ1) is 11.4. The van der Waals surface area contributed by atoms with Crippen LogP contribution in [0.3, 0.4) is 0 Å². The van der Waals surface area contributed by atoms with Crippen molar-refractivity contribution in [3.63, 3.8) is 0 Å². The smallest absolute Gasteiger partial charge is 0.238 e. The molecule has 2 saturated heterocycles. The van der Waals surface area contributed by atoms with Gasteiger partial charge in [-0.1, -0.05) is 0 Å². The van der Waals surface area contributed by atoms with Crippen LogP contribution in [-0.2, 0) is 14.8 Å². The summed E-state index contributed by atoms with van der Waals surface area (Å²) in [5.41, 5.74) is 0. The van der Waals surface area contributed by atoms with E-state index >= 15 is 0 Å². The molecule has 0 radical (unpaired) electrons. The van der Waals surface area contributed by atoms with Crippen LogP contribution in [-0.4, -0.2) is 66.6 Å². The molecule has 3 rings (SSSR count). The van der Waals surface area contributed by atoms with Gasteiger partial charge in [0.15, 0.2) is 0 Å². The summed E-state index contributed by atoms with van der Waals surface area (Å²) >= 11 is 0. The second kappa shape index (κ2) is 7.02. The van der Waals surface area contributed by atoms with Gasteiger partial charge in [-0.25, -0.2) is 18.4 Å². The molecule has 1 aromatic heterocycles. The quantitative estimate of drug-likeness (QED) is 0.818. The van der Waals surface area contributed by atoms with Gasteiger partial charge in [0.05, 0.1) is 6.26 Å². The van der Waals surface area contributed by atoms with Crippen molar-refractivity contribution >= 4 is 21.9 Å². The second-order valence-electron chi connectivity index (χ2n) is 6.35. The third-order valence-corrected chi connectivity index (χ3v) is 5.90. The van der Waals surface area contributed by atoms with Crippen LogP contribution in [0.4, 0.5) is 5.95 Å². The first kappa shape index (κ1) is 17.1. The molecule has 2 aliphatic rings. The van der Waals surface area contributed by atoms with Crippen LogP contribution >= 0.6 is 0 Å². The molecular weight excluding hydrogens is 330 g/mol. The number of nitrogens with one attached hydrogen (secondary N) is 1. The van der Waals surface area contributed by atoms with Crippen LogP contribution in [0.5, 0.6) is 0 Å². The van der Waals surface area contributed by atoms with Gasteiger partial charge in [-0.15, -0.1) is 0 Å². The lowest BCUT2D eigenvalue weighted by atomic mass is 10.0. The molecule has 1 amide bonds. The lowest BCUT2D eigenvalue weighted by Gasteiger charge is -2.33. The Morgan fingerprint density at radius 3 is 2.46 bits per heavy atom. The molecular formula is C15H23N5O3S. The Morgan fingerprint density at radius 2 is 1.83 bits per heavy atom. The minimum Gasteiger partial charge on any atom is -0.352 e. The summed E-state index contributed by atoms with van der Waals surface area (Å²) in [5.74, 6) is 0.536. The van der Waals surface area contributed by atoms with Crippen molar-refractivity contribution in [1.29, 1.82) is 0 Å². The summed E-state index contributed by atoms with van der Waals surface area (Å²) in [7, 11) is -3.33. The Kier molecular flexibility index (Phi) is 5.00. The van der Waals surface area contributed by atoms with E-state index < -0.39 is 16.1 Å². The third-order valence-electron chi connectivity index (χ3n) is 4.61. The number of amides is 1. The van der Waals surface area contributed by atoms with Crippen molar-refractivity contribution in [3.05, 3.63) is 18.5 Å². The zero-order valence-electron chi connectivity index (χ0n) is 13.8. The number of hydrogen-bond acceptors (Lipinski definition) is 6. The average Bonchev–Trinajstić information content (AvgIpc) is 3.06. The summed E-state index contributed by atoms with van der Waals surface area (Å²) in [4.78, 5) is 23.0. The van der Waals surface area contributed by atoms with E-state index in [1.165, 1.54) is 4.31 Å². The second-order valence-corrected chi connectivity index (χ2v) is 8.29. The first-order valence-corrected chi connectivity index (χ1v) is 10.1. The molecule has 0 spiro atoms. The van der Waals surface area contributed by atoms with Gasteiger partial charge in [0, 0.05) is 38.1 Å². The minimum atomic E-state index is -3.33. The maximum atomic E-state index is 12.5. The third kappa shape index (κ3) is 3.84. The van der Waals surface area contributed by atoms with Gasteiger partial charge in [0.2, 0.25) is 21.9 Å². The molecule has 1 N–H and O–H groups in total. The van der Waals surface area contributed by atoms with Crippen LogP contribution in [0.1, 0.15) is 25.7 Å². The molecule has 2 fully saturated rings. The van der Waals surface area contributed by atoms with E-state index in [2.05, 4.69) is 20.2 Å². The number of carbonyl (C=O) groups is 1. The summed E-state index contributed by atoms with van der Waals surface area (Å²) in [5, 5.41) is 3.02. The van der Waals surface area contributed by atoms with E-state index in [0.717, 1.165) is 38.6 Å². The van der Waals surface area contributed by atoms with Crippen molar-refractivity contribution in [2.45, 2.75) is 37.8 Å². The predicted octanol–water partition coefficient (Wildman–Crippen LogP) is -0.0144. The molecule has 0 saturated carbocycles. The van der Waals surface area contributed by atoms with Gasteiger partial charge in [0.25, 0.3) is 0 Å². The Labute approximate surface area is 142 Å². The highest BCUT2D eigenvalue weighted by Crippen LogP contribution is 2.21. The van der Waals surface area contributed by atoms with Gasteiger partial charge in [0.1, 0.15) is 6.04 Å². The maximum Gasteiger partial charge on any atom is 0.238 e. The van der Waals surface area contributed by atoms with Gasteiger partial charge in [-0.2, -0.15) is 4.31 Å². The molecule has 3 heterocycles. The first-order valence-electron chi connectivity index (χ1n) is 8.24. The van der Waals surface area contributed by atoms with E-state index in [0.29, 0.717) is 18.9 Å². The Hall–Kier alpha value is -1.74. The number of aromatic nitrogens is 2. The Morgan fingerprint density at radius 1 is 1.17 bits per heavy atom. The Bertz CT molecular complexity index is 674. The number of anilines is 1. The van der Waals surface area contributed by atoms with Gasteiger partial charge in [-0.05, 0) is 31.7 Å². The van der Waals surface area contributed by atoms with E-state index in [9.17, 15) is 13.2 Å². The van der Waals surface area contributed by atoms with Crippen LogP contribution < -0.4 is 10.2 Å². The van der Waals surface area contributed by atoms with E-state index in [-0.39, 0.29) is 11.9 Å². The monoisotopic (exact) mass is 353 g/mol. The molecule has 1 aromatic rings. The van der Waals surface area contributed by atoms with Crippen molar-refractivity contribution in [1.82, 2.24) is 19.6 Å². The number of rotatable bonds is 4. The lowest BCUT2D eigenvalue weighted by molar-refractivity contribution is -0.125. The van der Waals surface area contributed by atoms with Crippen molar-refractivity contribution in [2.75, 3.05) is 30.8 Å². The SMILES string of the molecule is CS(=O)(=O)N1CCCC1C(=O)NC1CCN(c2ncccn2)CC1. The number of carbonyl (C=O) groups excluding carboxylic acids is 1. The number of sulfonamides is 1.